The predicted molar refractivity (Wildman–Crippen MR) is 93.7 cm³/mol. The molecule has 1 unspecified atom stereocenters. The van der Waals surface area contributed by atoms with E-state index in [4.69, 9.17) is 0 Å². The lowest BCUT2D eigenvalue weighted by Crippen LogP contribution is -2.03. The van der Waals surface area contributed by atoms with Crippen molar-refractivity contribution in [3.8, 4) is 11.3 Å². The molecule has 6 heteroatoms. The van der Waals surface area contributed by atoms with E-state index in [1.165, 1.54) is 5.56 Å². The number of aromatic nitrogens is 6. The number of hydrogen-bond donors (Lipinski definition) is 1. The van der Waals surface area contributed by atoms with Crippen LogP contribution in [0.25, 0.3) is 16.9 Å². The fraction of sp³-hybridized carbons (Fsp3) is 0.222. The first kappa shape index (κ1) is 15.9. The van der Waals surface area contributed by atoms with Crippen LogP contribution in [0.2, 0.25) is 0 Å². The van der Waals surface area contributed by atoms with Crippen molar-refractivity contribution in [1.82, 2.24) is 29.5 Å². The minimum atomic E-state index is 0.145. The van der Waals surface area contributed by atoms with E-state index in [0.717, 1.165) is 22.6 Å². The van der Waals surface area contributed by atoms with Gasteiger partial charge in [0, 0.05) is 42.5 Å². The van der Waals surface area contributed by atoms with Gasteiger partial charge in [0.05, 0.1) is 23.8 Å². The highest BCUT2D eigenvalue weighted by molar-refractivity contribution is 5.63. The monoisotopic (exact) mass is 320 g/mol. The van der Waals surface area contributed by atoms with Gasteiger partial charge in [0.15, 0.2) is 5.65 Å². The second-order valence-electron chi connectivity index (χ2n) is 5.14. The summed E-state index contributed by atoms with van der Waals surface area (Å²) in [5, 5.41) is 6.83. The number of H-pyrrole nitrogens is 1. The van der Waals surface area contributed by atoms with E-state index in [1.54, 1.807) is 18.6 Å². The summed E-state index contributed by atoms with van der Waals surface area (Å²) in [6, 6.07) is 4.02. The number of imidazole rings is 1. The third-order valence-electron chi connectivity index (χ3n) is 3.87. The van der Waals surface area contributed by atoms with Gasteiger partial charge < -0.3 is 0 Å². The number of aromatic amines is 1. The topological polar surface area (TPSA) is 71.8 Å². The summed E-state index contributed by atoms with van der Waals surface area (Å²) in [5.74, 6) is 0.145. The molecule has 0 aromatic carbocycles. The van der Waals surface area contributed by atoms with Gasteiger partial charge in [-0.15, -0.1) is 0 Å². The summed E-state index contributed by atoms with van der Waals surface area (Å²) in [6.45, 7) is 6.13. The molecule has 4 heterocycles. The molecule has 0 spiro atoms. The number of rotatable bonds is 3. The molecule has 0 saturated heterocycles. The average Bonchev–Trinajstić information content (AvgIpc) is 3.32. The molecule has 24 heavy (non-hydrogen) atoms. The lowest BCUT2D eigenvalue weighted by atomic mass is 9.99. The Bertz CT molecular complexity index is 896. The Morgan fingerprint density at radius 3 is 2.54 bits per heavy atom. The van der Waals surface area contributed by atoms with Gasteiger partial charge in [-0.3, -0.25) is 19.5 Å². The van der Waals surface area contributed by atoms with Crippen molar-refractivity contribution in [2.75, 3.05) is 0 Å². The summed E-state index contributed by atoms with van der Waals surface area (Å²) >= 11 is 0. The highest BCUT2D eigenvalue weighted by Gasteiger charge is 2.17. The van der Waals surface area contributed by atoms with Gasteiger partial charge in [0.25, 0.3) is 0 Å². The number of pyridine rings is 1. The molecule has 0 saturated carbocycles. The molecule has 4 rings (SSSR count). The minimum Gasteiger partial charge on any atom is -0.296 e. The number of nitrogens with one attached hydrogen (secondary N) is 1. The first-order valence-corrected chi connectivity index (χ1v) is 8.05. The lowest BCUT2D eigenvalue weighted by molar-refractivity contribution is 0.860. The molecule has 0 radical (unpaired) electrons. The van der Waals surface area contributed by atoms with Crippen LogP contribution in [-0.2, 0) is 0 Å². The zero-order valence-corrected chi connectivity index (χ0v) is 14.0. The van der Waals surface area contributed by atoms with Crippen LogP contribution in [0.4, 0.5) is 0 Å². The van der Waals surface area contributed by atoms with E-state index in [9.17, 15) is 0 Å². The smallest absolute Gasteiger partial charge is 0.159 e. The molecule has 122 valence electrons. The van der Waals surface area contributed by atoms with E-state index in [2.05, 4.69) is 32.1 Å². The fourth-order valence-corrected chi connectivity index (χ4v) is 2.66. The summed E-state index contributed by atoms with van der Waals surface area (Å²) in [6.07, 6.45) is 12.8. The Morgan fingerprint density at radius 2 is 1.83 bits per heavy atom. The zero-order valence-electron chi connectivity index (χ0n) is 14.0. The van der Waals surface area contributed by atoms with Gasteiger partial charge >= 0.3 is 0 Å². The minimum absolute atomic E-state index is 0.145. The van der Waals surface area contributed by atoms with Gasteiger partial charge in [-0.1, -0.05) is 20.8 Å². The van der Waals surface area contributed by atoms with Gasteiger partial charge in [-0.2, -0.15) is 5.10 Å². The third kappa shape index (κ3) is 2.78. The summed E-state index contributed by atoms with van der Waals surface area (Å²) in [5.41, 5.74) is 4.98. The van der Waals surface area contributed by atoms with Crippen molar-refractivity contribution in [3.63, 3.8) is 0 Å². The fourth-order valence-electron chi connectivity index (χ4n) is 2.66. The second-order valence-corrected chi connectivity index (χ2v) is 5.14. The number of fused-ring (bicyclic) bond motifs is 1. The second kappa shape index (κ2) is 7.04. The SMILES string of the molecule is CC.CC(c1ccncc1)c1nccn2c(-c3cn[nH]c3)cnc12. The molecule has 0 aliphatic carbocycles. The van der Waals surface area contributed by atoms with Crippen molar-refractivity contribution in [1.29, 1.82) is 0 Å². The number of nitrogens with zero attached hydrogens (tertiary/aromatic N) is 5. The molecule has 1 atom stereocenters. The van der Waals surface area contributed by atoms with E-state index in [1.807, 2.05) is 55.2 Å². The highest BCUT2D eigenvalue weighted by Crippen LogP contribution is 2.27. The van der Waals surface area contributed by atoms with Crippen molar-refractivity contribution in [2.24, 2.45) is 0 Å². The third-order valence-corrected chi connectivity index (χ3v) is 3.87. The van der Waals surface area contributed by atoms with E-state index < -0.39 is 0 Å². The van der Waals surface area contributed by atoms with Crippen LogP contribution in [0.15, 0.2) is 55.5 Å². The molecular formula is C18H20N6. The summed E-state index contributed by atoms with van der Waals surface area (Å²) < 4.78 is 2.05. The Labute approximate surface area is 140 Å². The average molecular weight is 320 g/mol. The van der Waals surface area contributed by atoms with E-state index in [-0.39, 0.29) is 5.92 Å². The highest BCUT2D eigenvalue weighted by atomic mass is 15.1. The van der Waals surface area contributed by atoms with Gasteiger partial charge in [-0.05, 0) is 17.7 Å². The molecule has 0 fully saturated rings. The molecule has 1 N–H and O–H groups in total. The summed E-state index contributed by atoms with van der Waals surface area (Å²) in [4.78, 5) is 13.2. The standard InChI is InChI=1S/C16H14N6.C2H6/c1-11(12-2-4-17-5-3-12)15-16-19-10-14(13-8-20-21-9-13)22(16)7-6-18-15;1-2/h2-11H,1H3,(H,20,21);1-2H3. The Balaban J connectivity index is 0.000000815. The van der Waals surface area contributed by atoms with Crippen LogP contribution in [-0.4, -0.2) is 29.5 Å². The van der Waals surface area contributed by atoms with Gasteiger partial charge in [0.1, 0.15) is 0 Å². The lowest BCUT2D eigenvalue weighted by Gasteiger charge is -2.12. The molecule has 0 aliphatic heterocycles. The molecule has 0 bridgehead atoms. The Hall–Kier alpha value is -3.02. The Morgan fingerprint density at radius 1 is 1.04 bits per heavy atom. The van der Waals surface area contributed by atoms with Crippen LogP contribution in [0.5, 0.6) is 0 Å². The first-order chi connectivity index (χ1) is 11.8. The van der Waals surface area contributed by atoms with Gasteiger partial charge in [-0.25, -0.2) is 4.98 Å². The van der Waals surface area contributed by atoms with Crippen LogP contribution in [0, 0.1) is 0 Å². The van der Waals surface area contributed by atoms with Gasteiger partial charge in [0.2, 0.25) is 0 Å². The number of hydrogen-bond acceptors (Lipinski definition) is 4. The molecular weight excluding hydrogens is 300 g/mol. The molecule has 0 aliphatic rings. The van der Waals surface area contributed by atoms with Crippen LogP contribution < -0.4 is 0 Å². The van der Waals surface area contributed by atoms with Crippen molar-refractivity contribution in [3.05, 3.63) is 66.8 Å². The van der Waals surface area contributed by atoms with Crippen LogP contribution >= 0.6 is 0 Å². The predicted octanol–water partition coefficient (Wildman–Crippen LogP) is 3.69. The maximum atomic E-state index is 4.56. The molecule has 4 aromatic rings. The maximum Gasteiger partial charge on any atom is 0.159 e. The first-order valence-electron chi connectivity index (χ1n) is 8.05. The maximum absolute atomic E-state index is 4.56. The normalized spacial score (nSPS) is 11.8. The quantitative estimate of drug-likeness (QED) is 0.625. The van der Waals surface area contributed by atoms with E-state index >= 15 is 0 Å². The molecule has 6 nitrogen and oxygen atoms in total. The van der Waals surface area contributed by atoms with Crippen LogP contribution in [0.3, 0.4) is 0 Å². The molecule has 4 aromatic heterocycles. The largest absolute Gasteiger partial charge is 0.296 e. The van der Waals surface area contributed by atoms with Crippen molar-refractivity contribution < 1.29 is 0 Å². The zero-order chi connectivity index (χ0) is 16.9. The van der Waals surface area contributed by atoms with Crippen LogP contribution in [0.1, 0.15) is 37.9 Å². The summed E-state index contributed by atoms with van der Waals surface area (Å²) in [7, 11) is 0. The van der Waals surface area contributed by atoms with Crippen molar-refractivity contribution in [2.45, 2.75) is 26.7 Å². The van der Waals surface area contributed by atoms with Crippen molar-refractivity contribution >= 4 is 5.65 Å². The Kier molecular flexibility index (Phi) is 4.65. The molecule has 0 amide bonds. The van der Waals surface area contributed by atoms with E-state index in [0.29, 0.717) is 0 Å².